The van der Waals surface area contributed by atoms with E-state index in [1.807, 2.05) is 0 Å². The molecule has 1 aromatic carbocycles. The Morgan fingerprint density at radius 1 is 1.39 bits per heavy atom. The van der Waals surface area contributed by atoms with E-state index in [1.54, 1.807) is 18.2 Å². The van der Waals surface area contributed by atoms with Crippen LogP contribution in [0.3, 0.4) is 0 Å². The van der Waals surface area contributed by atoms with Crippen LogP contribution in [0.15, 0.2) is 24.3 Å². The zero-order valence-corrected chi connectivity index (χ0v) is 9.86. The first kappa shape index (κ1) is 14.4. The fourth-order valence-electron chi connectivity index (χ4n) is 1.41. The molecule has 18 heavy (non-hydrogen) atoms. The van der Waals surface area contributed by atoms with Crippen LogP contribution in [0.5, 0.6) is 5.75 Å². The van der Waals surface area contributed by atoms with Crippen molar-refractivity contribution in [3.8, 4) is 5.75 Å². The van der Waals surface area contributed by atoms with E-state index >= 15 is 0 Å². The van der Waals surface area contributed by atoms with Crippen molar-refractivity contribution in [2.75, 3.05) is 6.54 Å². The number of hydrogen-bond acceptors (Lipinski definition) is 3. The number of alkyl halides is 2. The van der Waals surface area contributed by atoms with Gasteiger partial charge in [-0.3, -0.25) is 4.79 Å². The van der Waals surface area contributed by atoms with Crippen LogP contribution in [-0.2, 0) is 11.3 Å². The molecule has 0 saturated carbocycles. The van der Waals surface area contributed by atoms with Gasteiger partial charge >= 0.3 is 6.61 Å². The van der Waals surface area contributed by atoms with E-state index in [0.717, 1.165) is 0 Å². The SMILES string of the molecule is NCCCC(=O)NCc1ccccc1OC(F)F. The largest absolute Gasteiger partial charge is 0.434 e. The summed E-state index contributed by atoms with van der Waals surface area (Å²) in [6.45, 7) is -2.27. The van der Waals surface area contributed by atoms with Gasteiger partial charge in [-0.2, -0.15) is 8.78 Å². The molecule has 0 spiro atoms. The highest BCUT2D eigenvalue weighted by atomic mass is 19.3. The lowest BCUT2D eigenvalue weighted by Gasteiger charge is -2.11. The smallest absolute Gasteiger partial charge is 0.387 e. The summed E-state index contributed by atoms with van der Waals surface area (Å²) in [6, 6.07) is 6.35. The molecule has 4 nitrogen and oxygen atoms in total. The summed E-state index contributed by atoms with van der Waals surface area (Å²) >= 11 is 0. The van der Waals surface area contributed by atoms with Crippen LogP contribution in [0, 0.1) is 0 Å². The Morgan fingerprint density at radius 3 is 2.78 bits per heavy atom. The van der Waals surface area contributed by atoms with Gasteiger partial charge in [-0.15, -0.1) is 0 Å². The zero-order valence-electron chi connectivity index (χ0n) is 9.86. The molecule has 0 aliphatic heterocycles. The standard InChI is InChI=1S/C12H16F2N2O2/c13-12(14)18-10-5-2-1-4-9(10)8-16-11(17)6-3-7-15/h1-2,4-5,12H,3,6-8,15H2,(H,16,17). The molecule has 0 bridgehead atoms. The number of nitrogens with two attached hydrogens (primary N) is 1. The van der Waals surface area contributed by atoms with Crippen molar-refractivity contribution < 1.29 is 18.3 Å². The Kier molecular flexibility index (Phi) is 6.07. The van der Waals surface area contributed by atoms with Gasteiger partial charge in [0.1, 0.15) is 5.75 Å². The number of benzene rings is 1. The fraction of sp³-hybridized carbons (Fsp3) is 0.417. The summed E-state index contributed by atoms with van der Waals surface area (Å²) in [6.07, 6.45) is 0.926. The Morgan fingerprint density at radius 2 is 2.11 bits per heavy atom. The number of halogens is 2. The third-order valence-corrected chi connectivity index (χ3v) is 2.27. The average Bonchev–Trinajstić information content (AvgIpc) is 2.34. The number of amides is 1. The topological polar surface area (TPSA) is 64.4 Å². The van der Waals surface area contributed by atoms with Crippen molar-refractivity contribution in [2.45, 2.75) is 26.0 Å². The van der Waals surface area contributed by atoms with Gasteiger partial charge in [0, 0.05) is 18.5 Å². The molecule has 0 aliphatic carbocycles. The molecule has 0 unspecified atom stereocenters. The van der Waals surface area contributed by atoms with Gasteiger partial charge in [0.15, 0.2) is 0 Å². The Bertz CT molecular complexity index is 386. The second-order valence-corrected chi connectivity index (χ2v) is 3.66. The minimum atomic E-state index is -2.88. The van der Waals surface area contributed by atoms with E-state index in [2.05, 4.69) is 10.1 Å². The number of nitrogens with one attached hydrogen (secondary N) is 1. The summed E-state index contributed by atoms with van der Waals surface area (Å²) in [4.78, 5) is 11.4. The molecular formula is C12H16F2N2O2. The lowest BCUT2D eigenvalue weighted by Crippen LogP contribution is -2.23. The Hall–Kier alpha value is -1.69. The van der Waals surface area contributed by atoms with E-state index in [4.69, 9.17) is 5.73 Å². The third kappa shape index (κ3) is 5.09. The maximum atomic E-state index is 12.1. The number of rotatable bonds is 7. The van der Waals surface area contributed by atoms with Crippen molar-refractivity contribution in [3.05, 3.63) is 29.8 Å². The minimum Gasteiger partial charge on any atom is -0.434 e. The number of para-hydroxylation sites is 1. The molecule has 0 radical (unpaired) electrons. The van der Waals surface area contributed by atoms with Crippen molar-refractivity contribution in [2.24, 2.45) is 5.73 Å². The first-order valence-electron chi connectivity index (χ1n) is 5.63. The minimum absolute atomic E-state index is 0.0756. The van der Waals surface area contributed by atoms with Gasteiger partial charge in [-0.25, -0.2) is 0 Å². The van der Waals surface area contributed by atoms with Gasteiger partial charge in [0.2, 0.25) is 5.91 Å². The number of ether oxygens (including phenoxy) is 1. The number of carbonyl (C=O) groups is 1. The molecule has 0 aromatic heterocycles. The van der Waals surface area contributed by atoms with Gasteiger partial charge in [-0.1, -0.05) is 18.2 Å². The molecule has 0 fully saturated rings. The highest BCUT2D eigenvalue weighted by Crippen LogP contribution is 2.19. The maximum absolute atomic E-state index is 12.1. The van der Waals surface area contributed by atoms with Crippen molar-refractivity contribution >= 4 is 5.91 Å². The van der Waals surface area contributed by atoms with Crippen LogP contribution in [0.25, 0.3) is 0 Å². The van der Waals surface area contributed by atoms with Crippen LogP contribution >= 0.6 is 0 Å². The van der Waals surface area contributed by atoms with E-state index < -0.39 is 6.61 Å². The summed E-state index contributed by atoms with van der Waals surface area (Å²) in [7, 11) is 0. The lowest BCUT2D eigenvalue weighted by atomic mass is 10.2. The Labute approximate surface area is 104 Å². The van der Waals surface area contributed by atoms with Gasteiger partial charge < -0.3 is 15.8 Å². The van der Waals surface area contributed by atoms with Crippen LogP contribution < -0.4 is 15.8 Å². The zero-order chi connectivity index (χ0) is 13.4. The Balaban J connectivity index is 2.53. The maximum Gasteiger partial charge on any atom is 0.387 e. The molecule has 1 aromatic rings. The molecule has 0 heterocycles. The average molecular weight is 258 g/mol. The van der Waals surface area contributed by atoms with Crippen LogP contribution in [0.1, 0.15) is 18.4 Å². The second kappa shape index (κ2) is 7.60. The second-order valence-electron chi connectivity index (χ2n) is 3.66. The molecule has 1 rings (SSSR count). The molecular weight excluding hydrogens is 242 g/mol. The van der Waals surface area contributed by atoms with Crippen LogP contribution in [0.4, 0.5) is 8.78 Å². The number of carbonyl (C=O) groups excluding carboxylic acids is 1. The predicted molar refractivity (Wildman–Crippen MR) is 63.2 cm³/mol. The van der Waals surface area contributed by atoms with Gasteiger partial charge in [-0.05, 0) is 19.0 Å². The lowest BCUT2D eigenvalue weighted by molar-refractivity contribution is -0.121. The first-order valence-corrected chi connectivity index (χ1v) is 5.63. The van der Waals surface area contributed by atoms with Crippen LogP contribution in [-0.4, -0.2) is 19.1 Å². The molecule has 3 N–H and O–H groups in total. The summed E-state index contributed by atoms with van der Waals surface area (Å²) in [5.41, 5.74) is 5.79. The van der Waals surface area contributed by atoms with Crippen LogP contribution in [0.2, 0.25) is 0 Å². The summed E-state index contributed by atoms with van der Waals surface area (Å²) in [5, 5.41) is 2.63. The highest BCUT2D eigenvalue weighted by molar-refractivity contribution is 5.75. The third-order valence-electron chi connectivity index (χ3n) is 2.27. The molecule has 1 amide bonds. The predicted octanol–water partition coefficient (Wildman–Crippen LogP) is 1.64. The van der Waals surface area contributed by atoms with E-state index in [0.29, 0.717) is 24.9 Å². The van der Waals surface area contributed by atoms with Gasteiger partial charge in [0.05, 0.1) is 0 Å². The fourth-order valence-corrected chi connectivity index (χ4v) is 1.41. The molecule has 6 heteroatoms. The molecule has 0 saturated heterocycles. The van der Waals surface area contributed by atoms with E-state index in [1.165, 1.54) is 6.07 Å². The van der Waals surface area contributed by atoms with Crippen molar-refractivity contribution in [3.63, 3.8) is 0 Å². The van der Waals surface area contributed by atoms with E-state index in [9.17, 15) is 13.6 Å². The molecule has 100 valence electrons. The molecule has 0 atom stereocenters. The highest BCUT2D eigenvalue weighted by Gasteiger charge is 2.09. The summed E-state index contributed by atoms with van der Waals surface area (Å²) in [5.74, 6) is -0.0843. The molecule has 0 aliphatic rings. The number of hydrogen-bond donors (Lipinski definition) is 2. The first-order chi connectivity index (χ1) is 8.63. The monoisotopic (exact) mass is 258 g/mol. The van der Waals surface area contributed by atoms with Crippen molar-refractivity contribution in [1.29, 1.82) is 0 Å². The summed E-state index contributed by atoms with van der Waals surface area (Å²) < 4.78 is 28.6. The van der Waals surface area contributed by atoms with E-state index in [-0.39, 0.29) is 18.2 Å². The van der Waals surface area contributed by atoms with Crippen molar-refractivity contribution in [1.82, 2.24) is 5.32 Å². The quantitative estimate of drug-likeness (QED) is 0.781. The van der Waals surface area contributed by atoms with Gasteiger partial charge in [0.25, 0.3) is 0 Å². The normalized spacial score (nSPS) is 10.4.